The molecule has 0 radical (unpaired) electrons. The van der Waals surface area contributed by atoms with E-state index in [1.165, 1.54) is 12.1 Å². The summed E-state index contributed by atoms with van der Waals surface area (Å²) in [6.45, 7) is 0.216. The van der Waals surface area contributed by atoms with Gasteiger partial charge in [0.15, 0.2) is 0 Å². The monoisotopic (exact) mass is 302 g/mol. The highest BCUT2D eigenvalue weighted by Crippen LogP contribution is 2.27. The molecule has 1 aromatic heterocycles. The Bertz CT molecular complexity index is 462. The molecule has 19 heavy (non-hydrogen) atoms. The maximum absolute atomic E-state index is 11.9. The van der Waals surface area contributed by atoms with Crippen LogP contribution in [0.2, 0.25) is 10.2 Å². The lowest BCUT2D eigenvalue weighted by molar-refractivity contribution is 0.0837. The minimum Gasteiger partial charge on any atom is -0.391 e. The molecular formula is C13H16Cl2N2O2. The van der Waals surface area contributed by atoms with E-state index in [1.54, 1.807) is 0 Å². The van der Waals surface area contributed by atoms with Gasteiger partial charge in [-0.1, -0.05) is 36.0 Å². The van der Waals surface area contributed by atoms with Crippen molar-refractivity contribution in [3.05, 3.63) is 28.0 Å². The molecule has 1 aromatic rings. The Morgan fingerprint density at radius 1 is 1.42 bits per heavy atom. The number of hydrogen-bond donors (Lipinski definition) is 2. The van der Waals surface area contributed by atoms with E-state index in [0.29, 0.717) is 0 Å². The lowest BCUT2D eigenvalue weighted by Gasteiger charge is -2.18. The Balaban J connectivity index is 1.91. The third-order valence-corrected chi connectivity index (χ3v) is 3.96. The first-order valence-electron chi connectivity index (χ1n) is 6.36. The number of carbonyl (C=O) groups is 1. The van der Waals surface area contributed by atoms with Gasteiger partial charge in [-0.05, 0) is 30.9 Å². The van der Waals surface area contributed by atoms with Crippen LogP contribution in [-0.4, -0.2) is 28.6 Å². The van der Waals surface area contributed by atoms with E-state index in [1.807, 2.05) is 0 Å². The zero-order valence-corrected chi connectivity index (χ0v) is 11.9. The van der Waals surface area contributed by atoms with Crippen LogP contribution in [0.25, 0.3) is 0 Å². The van der Waals surface area contributed by atoms with Gasteiger partial charge in [-0.15, -0.1) is 0 Å². The lowest BCUT2D eigenvalue weighted by Crippen LogP contribution is -2.36. The first-order valence-corrected chi connectivity index (χ1v) is 7.12. The Hall–Kier alpha value is -0.840. The van der Waals surface area contributed by atoms with Crippen LogP contribution in [0, 0.1) is 5.92 Å². The number of aliphatic hydroxyl groups is 1. The topological polar surface area (TPSA) is 62.2 Å². The fourth-order valence-corrected chi connectivity index (χ4v) is 2.71. The van der Waals surface area contributed by atoms with Crippen LogP contribution in [0.15, 0.2) is 12.1 Å². The van der Waals surface area contributed by atoms with Gasteiger partial charge in [0, 0.05) is 6.54 Å². The molecule has 1 atom stereocenters. The van der Waals surface area contributed by atoms with E-state index in [0.717, 1.165) is 25.7 Å². The van der Waals surface area contributed by atoms with Crippen LogP contribution in [0.5, 0.6) is 0 Å². The van der Waals surface area contributed by atoms with Crippen molar-refractivity contribution < 1.29 is 9.90 Å². The second-order valence-corrected chi connectivity index (χ2v) is 5.58. The molecule has 1 aliphatic carbocycles. The average molecular weight is 303 g/mol. The summed E-state index contributed by atoms with van der Waals surface area (Å²) in [7, 11) is 0. The largest absolute Gasteiger partial charge is 0.391 e. The molecule has 0 aromatic carbocycles. The van der Waals surface area contributed by atoms with E-state index in [4.69, 9.17) is 23.2 Å². The van der Waals surface area contributed by atoms with Crippen molar-refractivity contribution in [2.75, 3.05) is 6.54 Å². The highest BCUT2D eigenvalue weighted by Gasteiger charge is 2.24. The number of pyridine rings is 1. The molecule has 2 N–H and O–H groups in total. The molecular weight excluding hydrogens is 287 g/mol. The molecule has 0 bridgehead atoms. The predicted molar refractivity (Wildman–Crippen MR) is 74.6 cm³/mol. The normalized spacial score (nSPS) is 17.4. The van der Waals surface area contributed by atoms with Gasteiger partial charge in [-0.2, -0.15) is 0 Å². The van der Waals surface area contributed by atoms with E-state index >= 15 is 0 Å². The number of carbonyl (C=O) groups excluding carboxylic acids is 1. The van der Waals surface area contributed by atoms with Gasteiger partial charge in [0.25, 0.3) is 5.91 Å². The molecule has 2 rings (SSSR count). The SMILES string of the molecule is O=C(NCC(O)C1CCCC1)c1nc(Cl)ccc1Cl. The van der Waals surface area contributed by atoms with Gasteiger partial charge in [-0.25, -0.2) is 4.98 Å². The van der Waals surface area contributed by atoms with Gasteiger partial charge in [0.05, 0.1) is 11.1 Å². The summed E-state index contributed by atoms with van der Waals surface area (Å²) in [5.41, 5.74) is 0.0905. The molecule has 0 spiro atoms. The summed E-state index contributed by atoms with van der Waals surface area (Å²) in [4.78, 5) is 15.8. The standard InChI is InChI=1S/C13H16Cl2N2O2/c14-9-5-6-11(15)17-12(9)13(19)16-7-10(18)8-3-1-2-4-8/h5-6,8,10,18H,1-4,7H2,(H,16,19). The van der Waals surface area contributed by atoms with E-state index in [-0.39, 0.29) is 28.3 Å². The van der Waals surface area contributed by atoms with Crippen molar-refractivity contribution in [3.63, 3.8) is 0 Å². The van der Waals surface area contributed by atoms with Crippen LogP contribution in [0.1, 0.15) is 36.2 Å². The zero-order valence-electron chi connectivity index (χ0n) is 10.4. The molecule has 104 valence electrons. The van der Waals surface area contributed by atoms with Crippen molar-refractivity contribution in [2.45, 2.75) is 31.8 Å². The summed E-state index contributed by atoms with van der Waals surface area (Å²) < 4.78 is 0. The highest BCUT2D eigenvalue weighted by molar-refractivity contribution is 6.34. The second-order valence-electron chi connectivity index (χ2n) is 4.79. The van der Waals surface area contributed by atoms with Crippen LogP contribution < -0.4 is 5.32 Å². The third-order valence-electron chi connectivity index (χ3n) is 3.44. The number of nitrogens with zero attached hydrogens (tertiary/aromatic N) is 1. The average Bonchev–Trinajstić information content (AvgIpc) is 2.92. The van der Waals surface area contributed by atoms with Gasteiger partial charge in [-0.3, -0.25) is 4.79 Å². The van der Waals surface area contributed by atoms with E-state index < -0.39 is 12.0 Å². The van der Waals surface area contributed by atoms with Gasteiger partial charge in [0.2, 0.25) is 0 Å². The van der Waals surface area contributed by atoms with Crippen molar-refractivity contribution >= 4 is 29.1 Å². The Morgan fingerprint density at radius 2 is 2.11 bits per heavy atom. The molecule has 1 saturated carbocycles. The van der Waals surface area contributed by atoms with Gasteiger partial charge >= 0.3 is 0 Å². The molecule has 1 amide bonds. The summed E-state index contributed by atoms with van der Waals surface area (Å²) >= 11 is 11.6. The van der Waals surface area contributed by atoms with Crippen molar-refractivity contribution in [3.8, 4) is 0 Å². The van der Waals surface area contributed by atoms with Crippen LogP contribution in [-0.2, 0) is 0 Å². The first-order chi connectivity index (χ1) is 9.08. The molecule has 1 unspecified atom stereocenters. The Labute approximate surface area is 122 Å². The smallest absolute Gasteiger partial charge is 0.271 e. The number of amides is 1. The summed E-state index contributed by atoms with van der Waals surface area (Å²) in [6, 6.07) is 3.05. The van der Waals surface area contributed by atoms with Gasteiger partial charge < -0.3 is 10.4 Å². The summed E-state index contributed by atoms with van der Waals surface area (Å²) in [6.07, 6.45) is 3.83. The maximum atomic E-state index is 11.9. The number of aliphatic hydroxyl groups excluding tert-OH is 1. The van der Waals surface area contributed by atoms with E-state index in [9.17, 15) is 9.90 Å². The fraction of sp³-hybridized carbons (Fsp3) is 0.538. The second kappa shape index (κ2) is 6.55. The lowest BCUT2D eigenvalue weighted by atomic mass is 10.0. The van der Waals surface area contributed by atoms with E-state index in [2.05, 4.69) is 10.3 Å². The van der Waals surface area contributed by atoms with Crippen molar-refractivity contribution in [2.24, 2.45) is 5.92 Å². The zero-order chi connectivity index (χ0) is 13.8. The Kier molecular flexibility index (Phi) is 5.02. The maximum Gasteiger partial charge on any atom is 0.271 e. The number of halogens is 2. The van der Waals surface area contributed by atoms with Crippen molar-refractivity contribution in [1.29, 1.82) is 0 Å². The molecule has 1 fully saturated rings. The molecule has 4 nitrogen and oxygen atoms in total. The highest BCUT2D eigenvalue weighted by atomic mass is 35.5. The molecule has 1 heterocycles. The first kappa shape index (κ1) is 14.6. The quantitative estimate of drug-likeness (QED) is 0.841. The number of nitrogens with one attached hydrogen (secondary N) is 1. The van der Waals surface area contributed by atoms with Crippen LogP contribution in [0.4, 0.5) is 0 Å². The molecule has 1 aliphatic rings. The number of rotatable bonds is 4. The molecule has 0 aliphatic heterocycles. The minimum absolute atomic E-state index is 0.0905. The summed E-state index contributed by atoms with van der Waals surface area (Å²) in [5, 5.41) is 13.1. The van der Waals surface area contributed by atoms with Crippen LogP contribution >= 0.6 is 23.2 Å². The number of aromatic nitrogens is 1. The summed E-state index contributed by atoms with van der Waals surface area (Å²) in [5.74, 6) is -0.132. The Morgan fingerprint density at radius 3 is 2.79 bits per heavy atom. The number of hydrogen-bond acceptors (Lipinski definition) is 3. The minimum atomic E-state index is -0.510. The van der Waals surface area contributed by atoms with Crippen LogP contribution in [0.3, 0.4) is 0 Å². The predicted octanol–water partition coefficient (Wildman–Crippen LogP) is 2.67. The molecule has 6 heteroatoms. The van der Waals surface area contributed by atoms with Crippen molar-refractivity contribution in [1.82, 2.24) is 10.3 Å². The third kappa shape index (κ3) is 3.81. The fourth-order valence-electron chi connectivity index (χ4n) is 2.37. The van der Waals surface area contributed by atoms with Gasteiger partial charge in [0.1, 0.15) is 10.8 Å². The molecule has 0 saturated heterocycles.